The van der Waals surface area contributed by atoms with Gasteiger partial charge in [0.2, 0.25) is 0 Å². The number of anilines is 2. The van der Waals surface area contributed by atoms with E-state index < -0.39 is 0 Å². The van der Waals surface area contributed by atoms with Crippen LogP contribution in [0.25, 0.3) is 21.9 Å². The van der Waals surface area contributed by atoms with E-state index in [-0.39, 0.29) is 16.1 Å². The summed E-state index contributed by atoms with van der Waals surface area (Å²) in [6, 6.07) is 31.4. The predicted molar refractivity (Wildman–Crippen MR) is 179 cm³/mol. The fraction of sp³-hybridized carbons (Fsp3) is 0.179. The average Bonchev–Trinajstić information content (AvgIpc) is 3.38. The number of thioether (sulfide) groups is 1. The topological polar surface area (TPSA) is 3.24 Å². The molecule has 7 rings (SSSR count). The molecule has 0 spiro atoms. The van der Waals surface area contributed by atoms with Gasteiger partial charge < -0.3 is 4.90 Å². The van der Waals surface area contributed by atoms with Crippen molar-refractivity contribution in [3.05, 3.63) is 155 Å². The van der Waals surface area contributed by atoms with Crippen molar-refractivity contribution in [3.63, 3.8) is 0 Å². The monoisotopic (exact) mass is 549 g/mol. The van der Waals surface area contributed by atoms with Crippen LogP contribution in [0.4, 0.5) is 11.4 Å². The van der Waals surface area contributed by atoms with E-state index in [1.807, 2.05) is 11.8 Å². The van der Waals surface area contributed by atoms with Crippen LogP contribution in [0.3, 0.4) is 0 Å². The highest BCUT2D eigenvalue weighted by molar-refractivity contribution is 8.04. The summed E-state index contributed by atoms with van der Waals surface area (Å²) in [5, 5.41) is 2.70. The molecule has 1 nitrogen and oxygen atoms in total. The molecule has 4 aromatic carbocycles. The third-order valence-electron chi connectivity index (χ3n) is 9.21. The lowest BCUT2D eigenvalue weighted by molar-refractivity contribution is 0.536. The zero-order valence-electron chi connectivity index (χ0n) is 24.2. The summed E-state index contributed by atoms with van der Waals surface area (Å²) in [6.45, 7) is 13.7. The highest BCUT2D eigenvalue weighted by Gasteiger charge is 2.48. The Kier molecular flexibility index (Phi) is 6.03. The fourth-order valence-electron chi connectivity index (χ4n) is 7.07. The molecular weight excluding hydrogens is 515 g/mol. The number of rotatable bonds is 4. The Hall–Kier alpha value is -4.01. The second kappa shape index (κ2) is 9.53. The second-order valence-electron chi connectivity index (χ2n) is 12.0. The lowest BCUT2D eigenvalue weighted by Crippen LogP contribution is -2.35. The summed E-state index contributed by atoms with van der Waals surface area (Å²) in [4.78, 5) is 3.67. The number of benzene rings is 4. The lowest BCUT2D eigenvalue weighted by atomic mass is 9.75. The molecule has 2 heteroatoms. The molecule has 0 amide bonds. The van der Waals surface area contributed by atoms with Crippen molar-refractivity contribution in [1.29, 1.82) is 0 Å². The van der Waals surface area contributed by atoms with E-state index in [4.69, 9.17) is 0 Å². The lowest BCUT2D eigenvalue weighted by Gasteiger charge is -2.39. The number of hydrogen-bond acceptors (Lipinski definition) is 2. The first-order valence-corrected chi connectivity index (χ1v) is 15.3. The number of fused-ring (bicyclic) bond motifs is 5. The van der Waals surface area contributed by atoms with E-state index in [2.05, 4.69) is 161 Å². The zero-order valence-corrected chi connectivity index (χ0v) is 25.0. The fourth-order valence-corrected chi connectivity index (χ4v) is 8.52. The summed E-state index contributed by atoms with van der Waals surface area (Å²) in [6.07, 6.45) is 13.4. The van der Waals surface area contributed by atoms with Gasteiger partial charge in [-0.15, -0.1) is 11.8 Å². The molecule has 3 aliphatic rings. The Morgan fingerprint density at radius 1 is 0.854 bits per heavy atom. The van der Waals surface area contributed by atoms with E-state index in [1.54, 1.807) is 0 Å². The van der Waals surface area contributed by atoms with Crippen molar-refractivity contribution in [1.82, 2.24) is 0 Å². The summed E-state index contributed by atoms with van der Waals surface area (Å²) in [5.74, 6) is 0. The smallest absolute Gasteiger partial charge is 0.0630 e. The van der Waals surface area contributed by atoms with Gasteiger partial charge in [0.05, 0.1) is 10.9 Å². The Morgan fingerprint density at radius 3 is 2.46 bits per heavy atom. The highest BCUT2D eigenvalue weighted by Crippen LogP contribution is 2.60. The highest BCUT2D eigenvalue weighted by atomic mass is 32.2. The maximum atomic E-state index is 4.52. The quantitative estimate of drug-likeness (QED) is 0.249. The maximum Gasteiger partial charge on any atom is 0.0630 e. The van der Waals surface area contributed by atoms with Crippen molar-refractivity contribution in [2.24, 2.45) is 5.41 Å². The van der Waals surface area contributed by atoms with E-state index in [0.717, 1.165) is 4.91 Å². The third kappa shape index (κ3) is 3.85. The Morgan fingerprint density at radius 2 is 1.61 bits per heavy atom. The predicted octanol–water partition coefficient (Wildman–Crippen LogP) is 10.9. The molecular formula is C39H35NS. The van der Waals surface area contributed by atoms with Gasteiger partial charge >= 0.3 is 0 Å². The van der Waals surface area contributed by atoms with E-state index in [9.17, 15) is 0 Å². The van der Waals surface area contributed by atoms with Crippen LogP contribution in [0, 0.1) is 5.41 Å². The molecule has 4 aromatic rings. The first-order chi connectivity index (χ1) is 19.8. The Balaban J connectivity index is 1.45. The molecule has 1 heterocycles. The summed E-state index contributed by atoms with van der Waals surface area (Å²) < 4.78 is 0. The Labute approximate surface area is 248 Å². The van der Waals surface area contributed by atoms with Gasteiger partial charge in [-0.05, 0) is 64.4 Å². The number of nitrogens with zero attached hydrogens (tertiary/aromatic N) is 1. The van der Waals surface area contributed by atoms with Gasteiger partial charge in [-0.1, -0.05) is 124 Å². The van der Waals surface area contributed by atoms with Crippen LogP contribution in [0.1, 0.15) is 38.8 Å². The van der Waals surface area contributed by atoms with Gasteiger partial charge in [-0.2, -0.15) is 0 Å². The SMILES string of the molecule is C=C1SC2C(N(c3ccc4c(c3)C(C)(C)c3ccccc3-4)c3cccc4ccccc34)=CC=CC2(C)/C1=C/C=C\C. The molecule has 2 atom stereocenters. The van der Waals surface area contributed by atoms with Crippen LogP contribution in [0.2, 0.25) is 0 Å². The normalized spacial score (nSPS) is 23.1. The van der Waals surface area contributed by atoms with Crippen LogP contribution in [-0.2, 0) is 5.41 Å². The van der Waals surface area contributed by atoms with Crippen molar-refractivity contribution in [2.75, 3.05) is 4.90 Å². The molecule has 1 aliphatic heterocycles. The van der Waals surface area contributed by atoms with Crippen LogP contribution in [-0.4, -0.2) is 5.25 Å². The minimum atomic E-state index is -0.152. The van der Waals surface area contributed by atoms with Crippen LogP contribution in [0.15, 0.2) is 144 Å². The minimum absolute atomic E-state index is 0.0689. The van der Waals surface area contributed by atoms with E-state index in [1.165, 1.54) is 55.7 Å². The summed E-state index contributed by atoms with van der Waals surface area (Å²) in [7, 11) is 0. The van der Waals surface area contributed by atoms with Gasteiger partial charge in [-0.3, -0.25) is 0 Å². The third-order valence-corrected chi connectivity index (χ3v) is 10.7. The molecule has 1 fully saturated rings. The minimum Gasteiger partial charge on any atom is -0.312 e. The standard InChI is InChI=1S/C39H35NS/c1-6-7-18-32-26(2)41-37-36(21-13-24-39(32,37)5)40(35-20-12-15-27-14-8-9-16-29(27)35)28-22-23-31-30-17-10-11-19-33(30)38(3,4)34(31)25-28/h6-25,37H,2H2,1,3-5H3/b7-6-,32-18+. The summed E-state index contributed by atoms with van der Waals surface area (Å²) in [5.41, 5.74) is 10.2. The van der Waals surface area contributed by atoms with Gasteiger partial charge in [-0.25, -0.2) is 0 Å². The van der Waals surface area contributed by atoms with Crippen LogP contribution in [0.5, 0.6) is 0 Å². The molecule has 0 saturated carbocycles. The average molecular weight is 550 g/mol. The molecule has 1 saturated heterocycles. The number of hydrogen-bond donors (Lipinski definition) is 0. The largest absolute Gasteiger partial charge is 0.312 e. The molecule has 0 bridgehead atoms. The van der Waals surface area contributed by atoms with Crippen LogP contribution >= 0.6 is 11.8 Å². The van der Waals surface area contributed by atoms with E-state index >= 15 is 0 Å². The van der Waals surface area contributed by atoms with Crippen LogP contribution < -0.4 is 4.90 Å². The van der Waals surface area contributed by atoms with Crippen molar-refractivity contribution in [3.8, 4) is 11.1 Å². The zero-order chi connectivity index (χ0) is 28.4. The summed E-state index contributed by atoms with van der Waals surface area (Å²) >= 11 is 1.90. The molecule has 2 aliphatic carbocycles. The maximum absolute atomic E-state index is 4.52. The number of allylic oxidation sites excluding steroid dienone is 7. The molecule has 0 aromatic heterocycles. The first kappa shape index (κ1) is 25.9. The molecule has 41 heavy (non-hydrogen) atoms. The molecule has 0 N–H and O–H groups in total. The molecule has 2 unspecified atom stereocenters. The van der Waals surface area contributed by atoms with Crippen molar-refractivity contribution in [2.45, 2.75) is 38.4 Å². The first-order valence-electron chi connectivity index (χ1n) is 14.5. The molecule has 0 radical (unpaired) electrons. The van der Waals surface area contributed by atoms with Gasteiger partial charge in [0.15, 0.2) is 0 Å². The van der Waals surface area contributed by atoms with Gasteiger partial charge in [0.25, 0.3) is 0 Å². The van der Waals surface area contributed by atoms with Crippen molar-refractivity contribution < 1.29 is 0 Å². The van der Waals surface area contributed by atoms with Crippen molar-refractivity contribution >= 4 is 33.9 Å². The molecule has 202 valence electrons. The van der Waals surface area contributed by atoms with E-state index in [0.29, 0.717) is 0 Å². The van der Waals surface area contributed by atoms with Gasteiger partial charge in [0, 0.05) is 32.5 Å². The Bertz CT molecular complexity index is 1840. The van der Waals surface area contributed by atoms with Gasteiger partial charge in [0.1, 0.15) is 0 Å². The second-order valence-corrected chi connectivity index (χ2v) is 13.2.